The predicted molar refractivity (Wildman–Crippen MR) is 112 cm³/mol. The van der Waals surface area contributed by atoms with Crippen LogP contribution < -0.4 is 0 Å². The molecule has 6 nitrogen and oxygen atoms in total. The highest BCUT2D eigenvalue weighted by Gasteiger charge is 2.63. The van der Waals surface area contributed by atoms with Gasteiger partial charge in [-0.1, -0.05) is 13.8 Å². The van der Waals surface area contributed by atoms with Crippen molar-refractivity contribution in [2.24, 2.45) is 16.7 Å². The maximum Gasteiger partial charge on any atom is 0.222 e. The number of nitrogens with one attached hydrogen (secondary N) is 1. The Morgan fingerprint density at radius 3 is 2.83 bits per heavy atom. The number of likely N-dealkylation sites (tertiary alicyclic amines) is 1. The monoisotopic (exact) mass is 400 g/mol. The van der Waals surface area contributed by atoms with E-state index in [4.69, 9.17) is 4.74 Å². The van der Waals surface area contributed by atoms with Gasteiger partial charge in [0.2, 0.25) is 5.91 Å². The largest absolute Gasteiger partial charge is 0.379 e. The Labute approximate surface area is 174 Å². The number of aromatic amines is 1. The first-order valence-corrected chi connectivity index (χ1v) is 11.6. The van der Waals surface area contributed by atoms with Crippen molar-refractivity contribution in [3.05, 3.63) is 17.0 Å². The molecule has 2 aliphatic carbocycles. The Bertz CT molecular complexity index is 767. The molecule has 3 heterocycles. The summed E-state index contributed by atoms with van der Waals surface area (Å²) < 4.78 is 5.53. The molecule has 160 valence electrons. The molecule has 0 spiro atoms. The van der Waals surface area contributed by atoms with Crippen molar-refractivity contribution in [3.63, 3.8) is 0 Å². The molecule has 0 bridgehead atoms. The number of ether oxygens (including phenoxy) is 1. The molecule has 1 aromatic rings. The van der Waals surface area contributed by atoms with E-state index < -0.39 is 0 Å². The first-order valence-electron chi connectivity index (χ1n) is 11.6. The molecule has 4 aliphatic rings. The molecule has 6 heteroatoms. The summed E-state index contributed by atoms with van der Waals surface area (Å²) in [6, 6.07) is 0. The molecule has 0 aromatic carbocycles. The molecule has 5 rings (SSSR count). The van der Waals surface area contributed by atoms with E-state index in [2.05, 4.69) is 33.8 Å². The Kier molecular flexibility index (Phi) is 4.98. The Balaban J connectivity index is 1.22. The number of carbonyl (C=O) groups is 1. The molecular formula is C23H36N4O2. The molecular weight excluding hydrogens is 364 g/mol. The number of rotatable bonds is 5. The van der Waals surface area contributed by atoms with Crippen LogP contribution in [-0.2, 0) is 28.8 Å². The summed E-state index contributed by atoms with van der Waals surface area (Å²) in [4.78, 5) is 17.9. The van der Waals surface area contributed by atoms with Crippen LogP contribution in [0.1, 0.15) is 56.5 Å². The van der Waals surface area contributed by atoms with Gasteiger partial charge in [0.1, 0.15) is 0 Å². The van der Waals surface area contributed by atoms with E-state index in [-0.39, 0.29) is 0 Å². The summed E-state index contributed by atoms with van der Waals surface area (Å²) in [7, 11) is 0. The lowest BCUT2D eigenvalue weighted by atomic mass is 9.48. The van der Waals surface area contributed by atoms with Gasteiger partial charge >= 0.3 is 0 Å². The van der Waals surface area contributed by atoms with Crippen molar-refractivity contribution in [2.45, 2.75) is 58.8 Å². The average Bonchev–Trinajstić information content (AvgIpc) is 3.26. The topological polar surface area (TPSA) is 61.5 Å². The van der Waals surface area contributed by atoms with Crippen LogP contribution in [0.2, 0.25) is 0 Å². The number of nitrogens with zero attached hydrogens (tertiary/aromatic N) is 3. The summed E-state index contributed by atoms with van der Waals surface area (Å²) in [6.07, 6.45) is 7.35. The normalized spacial score (nSPS) is 31.2. The summed E-state index contributed by atoms with van der Waals surface area (Å²) in [5.74, 6) is 0.948. The summed E-state index contributed by atoms with van der Waals surface area (Å²) in [6.45, 7) is 11.5. The first-order chi connectivity index (χ1) is 14.0. The number of fused-ring (bicyclic) bond motifs is 2. The first kappa shape index (κ1) is 19.6. The van der Waals surface area contributed by atoms with Gasteiger partial charge in [-0.2, -0.15) is 5.10 Å². The zero-order valence-electron chi connectivity index (χ0n) is 18.1. The molecule has 29 heavy (non-hydrogen) atoms. The third kappa shape index (κ3) is 3.52. The van der Waals surface area contributed by atoms with Crippen molar-refractivity contribution >= 4 is 5.91 Å². The van der Waals surface area contributed by atoms with Crippen molar-refractivity contribution in [1.82, 2.24) is 20.0 Å². The number of morpholine rings is 1. The van der Waals surface area contributed by atoms with Gasteiger partial charge in [0.25, 0.3) is 0 Å². The Hall–Kier alpha value is -1.40. The second-order valence-electron chi connectivity index (χ2n) is 10.6. The van der Waals surface area contributed by atoms with Crippen LogP contribution in [0.15, 0.2) is 0 Å². The van der Waals surface area contributed by atoms with E-state index in [0.717, 1.165) is 70.9 Å². The molecule has 1 saturated carbocycles. The van der Waals surface area contributed by atoms with E-state index in [1.165, 1.54) is 30.5 Å². The minimum Gasteiger partial charge on any atom is -0.379 e. The van der Waals surface area contributed by atoms with Crippen LogP contribution in [0, 0.1) is 16.7 Å². The second-order valence-corrected chi connectivity index (χ2v) is 10.6. The molecule has 0 radical (unpaired) electrons. The smallest absolute Gasteiger partial charge is 0.222 e. The lowest BCUT2D eigenvalue weighted by Gasteiger charge is -2.58. The van der Waals surface area contributed by atoms with Crippen LogP contribution in [0.25, 0.3) is 0 Å². The van der Waals surface area contributed by atoms with Crippen molar-refractivity contribution in [3.8, 4) is 0 Å². The zero-order valence-corrected chi connectivity index (χ0v) is 18.1. The lowest BCUT2D eigenvalue weighted by Crippen LogP contribution is -2.59. The minimum absolute atomic E-state index is 0.294. The lowest BCUT2D eigenvalue weighted by molar-refractivity contribution is -0.130. The van der Waals surface area contributed by atoms with Crippen molar-refractivity contribution in [2.75, 3.05) is 45.9 Å². The van der Waals surface area contributed by atoms with Crippen LogP contribution in [0.5, 0.6) is 0 Å². The van der Waals surface area contributed by atoms with Gasteiger partial charge in [0.05, 0.1) is 18.9 Å². The number of hydrogen-bond acceptors (Lipinski definition) is 4. The minimum atomic E-state index is 0.294. The summed E-state index contributed by atoms with van der Waals surface area (Å²) in [5.41, 5.74) is 4.49. The molecule has 2 saturated heterocycles. The van der Waals surface area contributed by atoms with Gasteiger partial charge in [0, 0.05) is 56.7 Å². The van der Waals surface area contributed by atoms with Crippen molar-refractivity contribution < 1.29 is 9.53 Å². The van der Waals surface area contributed by atoms with Gasteiger partial charge in [-0.15, -0.1) is 0 Å². The number of H-pyrrole nitrogens is 1. The fourth-order valence-corrected chi connectivity index (χ4v) is 6.87. The fraction of sp³-hybridized carbons (Fsp3) is 0.826. The van der Waals surface area contributed by atoms with E-state index in [1.54, 1.807) is 0 Å². The average molecular weight is 401 g/mol. The van der Waals surface area contributed by atoms with Gasteiger partial charge in [0.15, 0.2) is 0 Å². The van der Waals surface area contributed by atoms with E-state index >= 15 is 0 Å². The number of amides is 1. The Morgan fingerprint density at radius 1 is 1.24 bits per heavy atom. The molecule has 1 aromatic heterocycles. The quantitative estimate of drug-likeness (QED) is 0.825. The summed E-state index contributed by atoms with van der Waals surface area (Å²) >= 11 is 0. The number of aryl methyl sites for hydroxylation is 2. The number of hydrogen-bond donors (Lipinski definition) is 1. The molecule has 0 unspecified atom stereocenters. The van der Waals surface area contributed by atoms with Gasteiger partial charge in [-0.3, -0.25) is 14.8 Å². The van der Waals surface area contributed by atoms with Crippen LogP contribution in [-0.4, -0.2) is 71.8 Å². The van der Waals surface area contributed by atoms with E-state index in [1.807, 2.05) is 0 Å². The maximum absolute atomic E-state index is 13.1. The van der Waals surface area contributed by atoms with Crippen LogP contribution >= 0.6 is 0 Å². The van der Waals surface area contributed by atoms with Gasteiger partial charge in [-0.05, 0) is 49.0 Å². The second kappa shape index (κ2) is 7.38. The van der Waals surface area contributed by atoms with E-state index in [9.17, 15) is 4.79 Å². The van der Waals surface area contributed by atoms with Gasteiger partial charge in [-0.25, -0.2) is 0 Å². The Morgan fingerprint density at radius 2 is 2.03 bits per heavy atom. The van der Waals surface area contributed by atoms with Crippen LogP contribution in [0.4, 0.5) is 0 Å². The highest BCUT2D eigenvalue weighted by molar-refractivity contribution is 5.77. The number of aromatic nitrogens is 2. The molecule has 2 atom stereocenters. The summed E-state index contributed by atoms with van der Waals surface area (Å²) in [5, 5.41) is 7.75. The standard InChI is InChI=1S/C23H36N4O2/c1-22(2)14-23(15-26-9-11-29-12-10-26)16-27(13-20(22)23)21(28)8-7-19-17-5-3-4-6-18(17)24-25-19/h20H,3-16H2,1-2H3,(H,24,25)/t20-,23+/m1/s1. The van der Waals surface area contributed by atoms with Gasteiger partial charge < -0.3 is 9.64 Å². The third-order valence-electron chi connectivity index (χ3n) is 8.11. The highest BCUT2D eigenvalue weighted by Crippen LogP contribution is 2.63. The third-order valence-corrected chi connectivity index (χ3v) is 8.11. The predicted octanol–water partition coefficient (Wildman–Crippen LogP) is 2.43. The van der Waals surface area contributed by atoms with E-state index in [0.29, 0.717) is 29.1 Å². The molecule has 1 N–H and O–H groups in total. The number of carbonyl (C=O) groups excluding carboxylic acids is 1. The molecule has 3 fully saturated rings. The zero-order chi connectivity index (χ0) is 20.1. The fourth-order valence-electron chi connectivity index (χ4n) is 6.87. The highest BCUT2D eigenvalue weighted by atomic mass is 16.5. The maximum atomic E-state index is 13.1. The SMILES string of the molecule is CC1(C)C[C@]2(CN3CCOCC3)CN(C(=O)CCc3n[nH]c4c3CCCC4)C[C@H]12. The van der Waals surface area contributed by atoms with Crippen LogP contribution in [0.3, 0.4) is 0 Å². The van der Waals surface area contributed by atoms with Crippen molar-refractivity contribution in [1.29, 1.82) is 0 Å². The molecule has 2 aliphatic heterocycles. The molecule has 1 amide bonds.